The lowest BCUT2D eigenvalue weighted by Crippen LogP contribution is -2.31. The molecule has 1 amide bonds. The molecule has 0 atom stereocenters. The summed E-state index contributed by atoms with van der Waals surface area (Å²) in [5, 5.41) is 0. The molecule has 7 heteroatoms. The van der Waals surface area contributed by atoms with Crippen LogP contribution in [0.3, 0.4) is 0 Å². The smallest absolute Gasteiger partial charge is 0.307 e. The van der Waals surface area contributed by atoms with Crippen LogP contribution < -0.4 is 9.47 Å². The Kier molecular flexibility index (Phi) is 8.02. The summed E-state index contributed by atoms with van der Waals surface area (Å²) in [5.74, 6) is 0.649. The highest BCUT2D eigenvalue weighted by Crippen LogP contribution is 2.25. The van der Waals surface area contributed by atoms with Crippen molar-refractivity contribution < 1.29 is 23.8 Å². The lowest BCUT2D eigenvalue weighted by molar-refractivity contribution is -0.141. The average molecular weight is 384 g/mol. The van der Waals surface area contributed by atoms with E-state index in [9.17, 15) is 9.59 Å². The predicted octanol–water partition coefficient (Wildman–Crippen LogP) is 2.70. The maximum Gasteiger partial charge on any atom is 0.307 e. The summed E-state index contributed by atoms with van der Waals surface area (Å²) in [5.41, 5.74) is 1.44. The van der Waals surface area contributed by atoms with Gasteiger partial charge >= 0.3 is 5.97 Å². The highest BCUT2D eigenvalue weighted by atomic mass is 16.5. The SMILES string of the molecule is COC(=O)CCN(Cc1ccccn1)C(=O)/C=C/c1cc(OC)ccc1OC. The van der Waals surface area contributed by atoms with Gasteiger partial charge in [-0.25, -0.2) is 0 Å². The molecule has 0 bridgehead atoms. The van der Waals surface area contributed by atoms with Gasteiger partial charge in [0.1, 0.15) is 11.5 Å². The van der Waals surface area contributed by atoms with E-state index >= 15 is 0 Å². The van der Waals surface area contributed by atoms with Crippen molar-refractivity contribution in [1.82, 2.24) is 9.88 Å². The van der Waals surface area contributed by atoms with Crippen molar-refractivity contribution in [2.24, 2.45) is 0 Å². The van der Waals surface area contributed by atoms with E-state index in [1.165, 1.54) is 13.2 Å². The number of nitrogens with zero attached hydrogens (tertiary/aromatic N) is 2. The van der Waals surface area contributed by atoms with Crippen molar-refractivity contribution in [2.75, 3.05) is 27.9 Å². The Labute approximate surface area is 164 Å². The first kappa shape index (κ1) is 21.0. The molecule has 28 heavy (non-hydrogen) atoms. The van der Waals surface area contributed by atoms with Gasteiger partial charge in [0, 0.05) is 24.4 Å². The molecule has 1 aromatic carbocycles. The van der Waals surface area contributed by atoms with Gasteiger partial charge in [0.05, 0.1) is 40.0 Å². The number of hydrogen-bond donors (Lipinski definition) is 0. The second-order valence-corrected chi connectivity index (χ2v) is 5.85. The zero-order valence-electron chi connectivity index (χ0n) is 16.3. The fourth-order valence-electron chi connectivity index (χ4n) is 2.52. The number of carbonyl (C=O) groups is 2. The van der Waals surface area contributed by atoms with Gasteiger partial charge in [-0.1, -0.05) is 6.07 Å². The Morgan fingerprint density at radius 3 is 2.57 bits per heavy atom. The van der Waals surface area contributed by atoms with Gasteiger partial charge in [0.15, 0.2) is 0 Å². The van der Waals surface area contributed by atoms with Crippen LogP contribution >= 0.6 is 0 Å². The quantitative estimate of drug-likeness (QED) is 0.489. The maximum absolute atomic E-state index is 12.8. The molecular formula is C21H24N2O5. The van der Waals surface area contributed by atoms with E-state index in [-0.39, 0.29) is 31.4 Å². The van der Waals surface area contributed by atoms with Crippen molar-refractivity contribution in [2.45, 2.75) is 13.0 Å². The number of pyridine rings is 1. The van der Waals surface area contributed by atoms with Crippen LogP contribution in [0, 0.1) is 0 Å². The minimum atomic E-state index is -0.378. The van der Waals surface area contributed by atoms with Crippen molar-refractivity contribution in [3.05, 3.63) is 59.9 Å². The number of ether oxygens (including phenoxy) is 3. The Bertz CT molecular complexity index is 821. The Balaban J connectivity index is 2.18. The number of carbonyl (C=O) groups excluding carboxylic acids is 2. The average Bonchev–Trinajstić information content (AvgIpc) is 2.74. The molecule has 0 fully saturated rings. The molecule has 2 aromatic rings. The topological polar surface area (TPSA) is 78.0 Å². The summed E-state index contributed by atoms with van der Waals surface area (Å²) in [4.78, 5) is 30.1. The van der Waals surface area contributed by atoms with E-state index in [1.807, 2.05) is 12.1 Å². The Morgan fingerprint density at radius 1 is 1.11 bits per heavy atom. The van der Waals surface area contributed by atoms with Gasteiger partial charge in [-0.05, 0) is 36.4 Å². The standard InChI is InChI=1S/C21H24N2O5/c1-26-18-8-9-19(27-2)16(14-18)7-10-20(24)23(13-11-21(25)28-3)15-17-6-4-5-12-22-17/h4-10,12,14H,11,13,15H2,1-3H3/b10-7+. The number of esters is 1. The highest BCUT2D eigenvalue weighted by Gasteiger charge is 2.14. The fourth-order valence-corrected chi connectivity index (χ4v) is 2.52. The molecule has 0 aliphatic rings. The third kappa shape index (κ3) is 6.12. The summed E-state index contributed by atoms with van der Waals surface area (Å²) in [6, 6.07) is 10.8. The third-order valence-electron chi connectivity index (χ3n) is 4.05. The van der Waals surface area contributed by atoms with Gasteiger partial charge in [-0.15, -0.1) is 0 Å². The van der Waals surface area contributed by atoms with Crippen LogP contribution in [-0.4, -0.2) is 49.6 Å². The van der Waals surface area contributed by atoms with Crippen molar-refractivity contribution in [3.8, 4) is 11.5 Å². The molecule has 7 nitrogen and oxygen atoms in total. The van der Waals surface area contributed by atoms with E-state index in [1.54, 1.807) is 55.7 Å². The van der Waals surface area contributed by atoms with Crippen LogP contribution in [0.1, 0.15) is 17.7 Å². The van der Waals surface area contributed by atoms with E-state index < -0.39 is 0 Å². The first-order chi connectivity index (χ1) is 13.6. The zero-order valence-corrected chi connectivity index (χ0v) is 16.3. The van der Waals surface area contributed by atoms with Crippen molar-refractivity contribution >= 4 is 18.0 Å². The molecule has 148 valence electrons. The molecular weight excluding hydrogens is 360 g/mol. The number of aromatic nitrogens is 1. The predicted molar refractivity (Wildman–Crippen MR) is 105 cm³/mol. The van der Waals surface area contributed by atoms with Crippen molar-refractivity contribution in [3.63, 3.8) is 0 Å². The van der Waals surface area contributed by atoms with E-state index in [4.69, 9.17) is 9.47 Å². The second-order valence-electron chi connectivity index (χ2n) is 5.85. The lowest BCUT2D eigenvalue weighted by Gasteiger charge is -2.20. The summed E-state index contributed by atoms with van der Waals surface area (Å²) in [6.45, 7) is 0.512. The van der Waals surface area contributed by atoms with Crippen LogP contribution in [0.15, 0.2) is 48.7 Å². The van der Waals surface area contributed by atoms with Gasteiger partial charge in [-0.2, -0.15) is 0 Å². The normalized spacial score (nSPS) is 10.5. The van der Waals surface area contributed by atoms with Crippen LogP contribution in [0.5, 0.6) is 11.5 Å². The van der Waals surface area contributed by atoms with E-state index in [2.05, 4.69) is 9.72 Å². The summed E-state index contributed by atoms with van der Waals surface area (Å²) < 4.78 is 15.2. The first-order valence-corrected chi connectivity index (χ1v) is 8.73. The molecule has 0 unspecified atom stereocenters. The number of hydrogen-bond acceptors (Lipinski definition) is 6. The van der Waals surface area contributed by atoms with Gasteiger partial charge < -0.3 is 19.1 Å². The summed E-state index contributed by atoms with van der Waals surface area (Å²) in [7, 11) is 4.45. The molecule has 0 aliphatic heterocycles. The Hall–Kier alpha value is -3.35. The van der Waals surface area contributed by atoms with Crippen LogP contribution in [0.2, 0.25) is 0 Å². The summed E-state index contributed by atoms with van der Waals surface area (Å²) >= 11 is 0. The number of rotatable bonds is 9. The van der Waals surface area contributed by atoms with Crippen LogP contribution in [0.25, 0.3) is 6.08 Å². The first-order valence-electron chi connectivity index (χ1n) is 8.73. The monoisotopic (exact) mass is 384 g/mol. The van der Waals surface area contributed by atoms with Gasteiger partial charge in [0.25, 0.3) is 0 Å². The molecule has 0 saturated carbocycles. The largest absolute Gasteiger partial charge is 0.497 e. The summed E-state index contributed by atoms with van der Waals surface area (Å²) in [6.07, 6.45) is 4.87. The molecule has 0 spiro atoms. The minimum Gasteiger partial charge on any atom is -0.497 e. The third-order valence-corrected chi connectivity index (χ3v) is 4.05. The van der Waals surface area contributed by atoms with Crippen LogP contribution in [-0.2, 0) is 20.9 Å². The lowest BCUT2D eigenvalue weighted by atomic mass is 10.1. The molecule has 0 aliphatic carbocycles. The molecule has 0 saturated heterocycles. The minimum absolute atomic E-state index is 0.103. The molecule has 1 heterocycles. The van der Waals surface area contributed by atoms with Crippen LogP contribution in [0.4, 0.5) is 0 Å². The van der Waals surface area contributed by atoms with E-state index in [0.717, 1.165) is 5.69 Å². The van der Waals surface area contributed by atoms with E-state index in [0.29, 0.717) is 17.1 Å². The fraction of sp³-hybridized carbons (Fsp3) is 0.286. The Morgan fingerprint density at radius 2 is 1.93 bits per heavy atom. The highest BCUT2D eigenvalue weighted by molar-refractivity contribution is 5.92. The van der Waals surface area contributed by atoms with Crippen molar-refractivity contribution in [1.29, 1.82) is 0 Å². The van der Waals surface area contributed by atoms with Gasteiger partial charge in [-0.3, -0.25) is 14.6 Å². The number of amides is 1. The van der Waals surface area contributed by atoms with Gasteiger partial charge in [0.2, 0.25) is 5.91 Å². The molecule has 1 aromatic heterocycles. The second kappa shape index (κ2) is 10.7. The molecule has 2 rings (SSSR count). The zero-order chi connectivity index (χ0) is 20.4. The molecule has 0 radical (unpaired) electrons. The number of benzene rings is 1. The number of methoxy groups -OCH3 is 3. The molecule has 0 N–H and O–H groups in total. The maximum atomic E-state index is 12.8.